The van der Waals surface area contributed by atoms with Crippen molar-refractivity contribution in [1.29, 1.82) is 0 Å². The molecule has 0 unspecified atom stereocenters. The molecule has 0 aliphatic heterocycles. The molecule has 0 aliphatic carbocycles. The molecule has 0 saturated carbocycles. The Morgan fingerprint density at radius 1 is 1.26 bits per heavy atom. The number of rotatable bonds is 8. The van der Waals surface area contributed by atoms with Crippen LogP contribution in [0.2, 0.25) is 5.02 Å². The summed E-state index contributed by atoms with van der Waals surface area (Å²) in [6, 6.07) is 9.39. The minimum atomic E-state index is -2.95. The molecule has 0 fully saturated rings. The topological polar surface area (TPSA) is 69.2 Å². The number of carbonyl (C=O) groups is 1. The molecule has 0 atom stereocenters. The highest BCUT2D eigenvalue weighted by Crippen LogP contribution is 2.28. The number of halogens is 3. The average Bonchev–Trinajstić information content (AvgIpc) is 2.62. The van der Waals surface area contributed by atoms with Gasteiger partial charge >= 0.3 is 6.61 Å². The summed E-state index contributed by atoms with van der Waals surface area (Å²) in [4.78, 5) is 16.7. The molecular weight excluding hydrogens is 382 g/mol. The molecule has 2 aromatic rings. The molecule has 0 saturated heterocycles. The molecule has 1 N–H and O–H groups in total. The molecule has 0 aliphatic rings. The molecule has 1 amide bonds. The van der Waals surface area contributed by atoms with Crippen LogP contribution in [0, 0.1) is 6.92 Å². The van der Waals surface area contributed by atoms with E-state index >= 15 is 0 Å². The minimum Gasteiger partial charge on any atom is -0.493 e. The Balaban J connectivity index is 1.87. The van der Waals surface area contributed by atoms with Crippen molar-refractivity contribution >= 4 is 29.4 Å². The second-order valence-electron chi connectivity index (χ2n) is 5.31. The maximum atomic E-state index is 12.3. The number of methoxy groups -OCH3 is 1. The first-order chi connectivity index (χ1) is 12.9. The van der Waals surface area contributed by atoms with Gasteiger partial charge in [-0.2, -0.15) is 8.78 Å². The fraction of sp³-hybridized carbons (Fsp3) is 0.222. The van der Waals surface area contributed by atoms with Crippen LogP contribution < -0.4 is 14.8 Å². The van der Waals surface area contributed by atoms with Gasteiger partial charge in [0.05, 0.1) is 13.3 Å². The Hall–Kier alpha value is -2.87. The second-order valence-corrected chi connectivity index (χ2v) is 5.72. The molecule has 9 heteroatoms. The fourth-order valence-corrected chi connectivity index (χ4v) is 2.20. The van der Waals surface area contributed by atoms with Gasteiger partial charge in [-0.1, -0.05) is 22.8 Å². The standard InChI is InChI=1S/C18H17ClF2N2O4/c1-11-3-5-13(8-14(11)19)23-17(24)10-26-22-9-12-4-6-15(27-18(20)21)16(7-12)25-2/h3-9,18H,10H2,1-2H3,(H,23,24)/b22-9+. The number of ether oxygens (including phenoxy) is 2. The third-order valence-electron chi connectivity index (χ3n) is 3.33. The van der Waals surface area contributed by atoms with Crippen molar-refractivity contribution in [3.63, 3.8) is 0 Å². The number of hydrogen-bond acceptors (Lipinski definition) is 5. The molecule has 0 bridgehead atoms. The molecule has 144 valence electrons. The van der Waals surface area contributed by atoms with Gasteiger partial charge in [-0.15, -0.1) is 0 Å². The van der Waals surface area contributed by atoms with Gasteiger partial charge in [0.15, 0.2) is 18.1 Å². The summed E-state index contributed by atoms with van der Waals surface area (Å²) in [6.07, 6.45) is 1.31. The Morgan fingerprint density at radius 2 is 2.04 bits per heavy atom. The minimum absolute atomic E-state index is 0.0956. The summed E-state index contributed by atoms with van der Waals surface area (Å²) >= 11 is 5.99. The predicted molar refractivity (Wildman–Crippen MR) is 98.0 cm³/mol. The monoisotopic (exact) mass is 398 g/mol. The van der Waals surface area contributed by atoms with Crippen LogP contribution >= 0.6 is 11.6 Å². The van der Waals surface area contributed by atoms with Gasteiger partial charge in [-0.3, -0.25) is 4.79 Å². The number of amides is 1. The third-order valence-corrected chi connectivity index (χ3v) is 3.74. The summed E-state index contributed by atoms with van der Waals surface area (Å²) in [5.41, 5.74) is 1.96. The molecule has 0 heterocycles. The predicted octanol–water partition coefficient (Wildman–Crippen LogP) is 4.25. The van der Waals surface area contributed by atoms with E-state index in [2.05, 4.69) is 15.2 Å². The number of hydrogen-bond donors (Lipinski definition) is 1. The zero-order valence-electron chi connectivity index (χ0n) is 14.5. The molecule has 27 heavy (non-hydrogen) atoms. The number of nitrogens with one attached hydrogen (secondary N) is 1. The Kier molecular flexibility index (Phi) is 7.36. The molecule has 0 spiro atoms. The van der Waals surface area contributed by atoms with E-state index in [0.717, 1.165) is 5.56 Å². The number of oxime groups is 1. The van der Waals surface area contributed by atoms with Crippen molar-refractivity contribution in [2.45, 2.75) is 13.5 Å². The maximum absolute atomic E-state index is 12.3. The van der Waals surface area contributed by atoms with E-state index in [-0.39, 0.29) is 18.1 Å². The van der Waals surface area contributed by atoms with E-state index < -0.39 is 12.5 Å². The van der Waals surface area contributed by atoms with Crippen LogP contribution in [0.25, 0.3) is 0 Å². The van der Waals surface area contributed by atoms with Gasteiger partial charge in [-0.05, 0) is 42.8 Å². The molecular formula is C18H17ClF2N2O4. The van der Waals surface area contributed by atoms with Gasteiger partial charge in [0.2, 0.25) is 0 Å². The summed E-state index contributed by atoms with van der Waals surface area (Å²) in [5.74, 6) is -0.389. The smallest absolute Gasteiger partial charge is 0.387 e. The highest BCUT2D eigenvalue weighted by molar-refractivity contribution is 6.31. The molecule has 0 aromatic heterocycles. The van der Waals surface area contributed by atoms with Gasteiger partial charge in [0, 0.05) is 16.3 Å². The lowest BCUT2D eigenvalue weighted by molar-refractivity contribution is -0.120. The summed E-state index contributed by atoms with van der Waals surface area (Å²) in [6.45, 7) is -1.41. The average molecular weight is 399 g/mol. The van der Waals surface area contributed by atoms with Crippen LogP contribution in [0.4, 0.5) is 14.5 Å². The third kappa shape index (κ3) is 6.41. The number of nitrogens with zero attached hydrogens (tertiary/aromatic N) is 1. The van der Waals surface area contributed by atoms with Gasteiger partial charge in [-0.25, -0.2) is 0 Å². The quantitative estimate of drug-likeness (QED) is 0.533. The summed E-state index contributed by atoms with van der Waals surface area (Å²) in [7, 11) is 1.33. The Bertz CT molecular complexity index is 831. The van der Waals surface area contributed by atoms with Crippen LogP contribution in [-0.2, 0) is 9.63 Å². The first-order valence-electron chi connectivity index (χ1n) is 7.73. The zero-order chi connectivity index (χ0) is 19.8. The lowest BCUT2D eigenvalue weighted by Crippen LogP contribution is -2.17. The molecule has 2 rings (SSSR count). The van der Waals surface area contributed by atoms with Crippen LogP contribution in [0.3, 0.4) is 0 Å². The van der Waals surface area contributed by atoms with E-state index in [0.29, 0.717) is 16.3 Å². The number of benzene rings is 2. The summed E-state index contributed by atoms with van der Waals surface area (Å²) < 4.78 is 33.9. The highest BCUT2D eigenvalue weighted by Gasteiger charge is 2.10. The fourth-order valence-electron chi connectivity index (χ4n) is 2.02. The first kappa shape index (κ1) is 20.4. The van der Waals surface area contributed by atoms with E-state index in [1.54, 1.807) is 18.2 Å². The molecule has 6 nitrogen and oxygen atoms in total. The van der Waals surface area contributed by atoms with E-state index in [1.807, 2.05) is 6.92 Å². The van der Waals surface area contributed by atoms with E-state index in [9.17, 15) is 13.6 Å². The SMILES string of the molecule is COc1cc(/C=N/OCC(=O)Nc2ccc(C)c(Cl)c2)ccc1OC(F)F. The van der Waals surface area contributed by atoms with Crippen molar-refractivity contribution in [1.82, 2.24) is 0 Å². The molecule has 2 aromatic carbocycles. The lowest BCUT2D eigenvalue weighted by atomic mass is 10.2. The van der Waals surface area contributed by atoms with Crippen molar-refractivity contribution in [2.75, 3.05) is 19.0 Å². The highest BCUT2D eigenvalue weighted by atomic mass is 35.5. The van der Waals surface area contributed by atoms with Crippen LogP contribution in [0.15, 0.2) is 41.6 Å². The summed E-state index contributed by atoms with van der Waals surface area (Å²) in [5, 5.41) is 6.83. The van der Waals surface area contributed by atoms with Gasteiger partial charge in [0.1, 0.15) is 0 Å². The Morgan fingerprint density at radius 3 is 2.70 bits per heavy atom. The number of alkyl halides is 2. The zero-order valence-corrected chi connectivity index (χ0v) is 15.3. The van der Waals surface area contributed by atoms with Crippen LogP contribution in [0.1, 0.15) is 11.1 Å². The van der Waals surface area contributed by atoms with Crippen molar-refractivity contribution in [3.05, 3.63) is 52.5 Å². The van der Waals surface area contributed by atoms with Crippen molar-refractivity contribution in [3.8, 4) is 11.5 Å². The van der Waals surface area contributed by atoms with Gasteiger partial charge in [0.25, 0.3) is 5.91 Å². The number of carbonyl (C=O) groups excluding carboxylic acids is 1. The van der Waals surface area contributed by atoms with Crippen LogP contribution in [-0.4, -0.2) is 32.4 Å². The van der Waals surface area contributed by atoms with Crippen molar-refractivity contribution in [2.24, 2.45) is 5.16 Å². The number of aryl methyl sites for hydroxylation is 1. The lowest BCUT2D eigenvalue weighted by Gasteiger charge is -2.09. The van der Waals surface area contributed by atoms with Crippen molar-refractivity contribution < 1.29 is 27.9 Å². The van der Waals surface area contributed by atoms with E-state index in [4.69, 9.17) is 21.2 Å². The van der Waals surface area contributed by atoms with Gasteiger partial charge < -0.3 is 19.6 Å². The normalized spacial score (nSPS) is 10.9. The Labute approximate surface area is 159 Å². The molecule has 0 radical (unpaired) electrons. The maximum Gasteiger partial charge on any atom is 0.387 e. The van der Waals surface area contributed by atoms with Crippen LogP contribution in [0.5, 0.6) is 11.5 Å². The largest absolute Gasteiger partial charge is 0.493 e. The first-order valence-corrected chi connectivity index (χ1v) is 8.11. The number of anilines is 1. The second kappa shape index (κ2) is 9.72. The van der Waals surface area contributed by atoms with E-state index in [1.165, 1.54) is 31.5 Å².